The third-order valence-corrected chi connectivity index (χ3v) is 6.14. The van der Waals surface area contributed by atoms with Gasteiger partial charge in [-0.25, -0.2) is 4.79 Å². The first-order chi connectivity index (χ1) is 17.0. The average molecular weight is 491 g/mol. The Bertz CT molecular complexity index is 651. The van der Waals surface area contributed by atoms with E-state index in [4.69, 9.17) is 9.47 Å². The number of carbonyl (C=O) groups excluding carboxylic acids is 2. The predicted molar refractivity (Wildman–Crippen MR) is 144 cm³/mol. The highest BCUT2D eigenvalue weighted by Gasteiger charge is 2.08. The van der Waals surface area contributed by atoms with Gasteiger partial charge in [0.15, 0.2) is 0 Å². The summed E-state index contributed by atoms with van der Waals surface area (Å²) >= 11 is 0. The van der Waals surface area contributed by atoms with Gasteiger partial charge in [-0.1, -0.05) is 102 Å². The number of ether oxygens (including phenoxy) is 2. The standard InChI is InChI=1S/C29H50N2O4/c1-26(2)28(32)34-24-25-35-29(33)30-21-23-31(3)22-17-12-10-8-6-4-5-7-9-11-14-18-27-19-15-13-16-20-27/h13,15-16,19-20,26H,4-12,14,17-18,21-25H2,1-3H3,(H,30,33). The zero-order valence-electron chi connectivity index (χ0n) is 22.6. The SMILES string of the molecule is CC(C)C(=O)OCCOC(=O)NCCN(C)CCCCCCCCCCCCCc1ccccc1. The number of nitrogens with zero attached hydrogens (tertiary/aromatic N) is 1. The minimum Gasteiger partial charge on any atom is -0.462 e. The Labute approximate surface area is 214 Å². The monoisotopic (exact) mass is 490 g/mol. The van der Waals surface area contributed by atoms with Gasteiger partial charge in [0, 0.05) is 13.1 Å². The minimum absolute atomic E-state index is 0.0783. The van der Waals surface area contributed by atoms with Gasteiger partial charge in [0.2, 0.25) is 0 Å². The molecule has 0 saturated carbocycles. The summed E-state index contributed by atoms with van der Waals surface area (Å²) in [6.07, 6.45) is 15.4. The van der Waals surface area contributed by atoms with Gasteiger partial charge < -0.3 is 19.7 Å². The van der Waals surface area contributed by atoms with E-state index in [1.165, 1.54) is 82.6 Å². The molecule has 0 fully saturated rings. The minimum atomic E-state index is -0.466. The van der Waals surface area contributed by atoms with Crippen molar-refractivity contribution in [3.63, 3.8) is 0 Å². The molecule has 0 aliphatic carbocycles. The van der Waals surface area contributed by atoms with E-state index in [0.29, 0.717) is 6.54 Å². The van der Waals surface area contributed by atoms with Crippen LogP contribution in [0, 0.1) is 5.92 Å². The Morgan fingerprint density at radius 1 is 0.771 bits per heavy atom. The number of hydrogen-bond donors (Lipinski definition) is 1. The second kappa shape index (κ2) is 21.2. The summed E-state index contributed by atoms with van der Waals surface area (Å²) < 4.78 is 9.97. The maximum absolute atomic E-state index is 11.6. The molecular weight excluding hydrogens is 440 g/mol. The lowest BCUT2D eigenvalue weighted by Crippen LogP contribution is -2.34. The summed E-state index contributed by atoms with van der Waals surface area (Å²) in [6, 6.07) is 10.8. The molecule has 0 aliphatic heterocycles. The number of carbonyl (C=O) groups is 2. The van der Waals surface area contributed by atoms with E-state index in [-0.39, 0.29) is 25.1 Å². The van der Waals surface area contributed by atoms with Gasteiger partial charge in [0.1, 0.15) is 13.2 Å². The Morgan fingerprint density at radius 2 is 1.31 bits per heavy atom. The van der Waals surface area contributed by atoms with E-state index in [9.17, 15) is 9.59 Å². The largest absolute Gasteiger partial charge is 0.462 e. The maximum atomic E-state index is 11.6. The number of unbranched alkanes of at least 4 members (excludes halogenated alkanes) is 10. The van der Waals surface area contributed by atoms with Crippen LogP contribution >= 0.6 is 0 Å². The molecule has 1 N–H and O–H groups in total. The van der Waals surface area contributed by atoms with Crippen molar-refractivity contribution < 1.29 is 19.1 Å². The fraction of sp³-hybridized carbons (Fsp3) is 0.724. The molecule has 0 unspecified atom stereocenters. The van der Waals surface area contributed by atoms with Crippen LogP contribution < -0.4 is 5.32 Å². The van der Waals surface area contributed by atoms with Crippen LogP contribution in [0.15, 0.2) is 30.3 Å². The molecule has 1 rings (SSSR count). The summed E-state index contributed by atoms with van der Waals surface area (Å²) in [6.45, 7) is 6.10. The number of rotatable bonds is 21. The highest BCUT2D eigenvalue weighted by Crippen LogP contribution is 2.13. The first kappa shape index (κ1) is 31.0. The van der Waals surface area contributed by atoms with E-state index in [0.717, 1.165) is 13.1 Å². The van der Waals surface area contributed by atoms with Crippen molar-refractivity contribution in [2.75, 3.05) is 39.9 Å². The molecule has 35 heavy (non-hydrogen) atoms. The molecule has 6 heteroatoms. The number of alkyl carbamates (subject to hydrolysis) is 1. The van der Waals surface area contributed by atoms with Crippen LogP contribution in [-0.4, -0.2) is 56.9 Å². The molecule has 0 radical (unpaired) electrons. The maximum Gasteiger partial charge on any atom is 0.407 e. The van der Waals surface area contributed by atoms with Crippen LogP contribution in [0.25, 0.3) is 0 Å². The smallest absolute Gasteiger partial charge is 0.407 e. The molecule has 0 bridgehead atoms. The number of benzene rings is 1. The topological polar surface area (TPSA) is 67.9 Å². The Hall–Kier alpha value is -2.08. The molecule has 0 aliphatic rings. The highest BCUT2D eigenvalue weighted by molar-refractivity contribution is 5.71. The van der Waals surface area contributed by atoms with Crippen molar-refractivity contribution >= 4 is 12.1 Å². The molecule has 6 nitrogen and oxygen atoms in total. The number of aryl methyl sites for hydroxylation is 1. The van der Waals surface area contributed by atoms with Gasteiger partial charge in [-0.15, -0.1) is 0 Å². The number of amides is 1. The predicted octanol–water partition coefficient (Wildman–Crippen LogP) is 6.38. The number of esters is 1. The zero-order chi connectivity index (χ0) is 25.6. The van der Waals surface area contributed by atoms with Crippen LogP contribution in [0.2, 0.25) is 0 Å². The summed E-state index contributed by atoms with van der Waals surface area (Å²) in [5.41, 5.74) is 1.47. The third kappa shape index (κ3) is 18.9. The van der Waals surface area contributed by atoms with E-state index in [1.54, 1.807) is 13.8 Å². The Kier molecular flexibility index (Phi) is 18.8. The zero-order valence-corrected chi connectivity index (χ0v) is 22.6. The Morgan fingerprint density at radius 3 is 1.91 bits per heavy atom. The van der Waals surface area contributed by atoms with E-state index in [2.05, 4.69) is 47.6 Å². The number of hydrogen-bond acceptors (Lipinski definition) is 5. The van der Waals surface area contributed by atoms with Crippen molar-refractivity contribution in [3.05, 3.63) is 35.9 Å². The van der Waals surface area contributed by atoms with Gasteiger partial charge in [0.05, 0.1) is 5.92 Å². The fourth-order valence-corrected chi connectivity index (χ4v) is 3.90. The van der Waals surface area contributed by atoms with Crippen molar-refractivity contribution in [2.45, 2.75) is 90.9 Å². The second-order valence-corrected chi connectivity index (χ2v) is 9.81. The van der Waals surface area contributed by atoms with Gasteiger partial charge >= 0.3 is 12.1 Å². The van der Waals surface area contributed by atoms with E-state index < -0.39 is 6.09 Å². The summed E-state index contributed by atoms with van der Waals surface area (Å²) in [5.74, 6) is -0.452. The summed E-state index contributed by atoms with van der Waals surface area (Å²) in [5, 5.41) is 2.73. The van der Waals surface area contributed by atoms with Crippen molar-refractivity contribution in [3.8, 4) is 0 Å². The lowest BCUT2D eigenvalue weighted by atomic mass is 10.0. The molecule has 200 valence electrons. The molecule has 0 aromatic heterocycles. The van der Waals surface area contributed by atoms with Gasteiger partial charge in [-0.2, -0.15) is 0 Å². The van der Waals surface area contributed by atoms with Gasteiger partial charge in [0.25, 0.3) is 0 Å². The first-order valence-electron chi connectivity index (χ1n) is 13.8. The molecule has 1 aromatic carbocycles. The van der Waals surface area contributed by atoms with E-state index >= 15 is 0 Å². The molecule has 0 atom stereocenters. The molecular formula is C29H50N2O4. The highest BCUT2D eigenvalue weighted by atomic mass is 16.6. The second-order valence-electron chi connectivity index (χ2n) is 9.81. The van der Waals surface area contributed by atoms with E-state index in [1.807, 2.05) is 0 Å². The lowest BCUT2D eigenvalue weighted by Gasteiger charge is -2.16. The first-order valence-corrected chi connectivity index (χ1v) is 13.8. The molecule has 1 amide bonds. The van der Waals surface area contributed by atoms with Crippen molar-refractivity contribution in [2.24, 2.45) is 5.92 Å². The Balaban J connectivity index is 1.80. The van der Waals surface area contributed by atoms with Gasteiger partial charge in [-0.05, 0) is 38.4 Å². The van der Waals surface area contributed by atoms with Crippen LogP contribution in [0.5, 0.6) is 0 Å². The molecule has 0 saturated heterocycles. The van der Waals surface area contributed by atoms with Crippen LogP contribution in [0.4, 0.5) is 4.79 Å². The number of nitrogens with one attached hydrogen (secondary N) is 1. The van der Waals surface area contributed by atoms with Crippen LogP contribution in [-0.2, 0) is 20.7 Å². The van der Waals surface area contributed by atoms with Gasteiger partial charge in [-0.3, -0.25) is 4.79 Å². The number of likely N-dealkylation sites (N-methyl/N-ethyl adjacent to an activating group) is 1. The summed E-state index contributed by atoms with van der Waals surface area (Å²) in [4.78, 5) is 25.2. The van der Waals surface area contributed by atoms with Crippen molar-refractivity contribution in [1.82, 2.24) is 10.2 Å². The molecule has 0 spiro atoms. The molecule has 1 aromatic rings. The quantitative estimate of drug-likeness (QED) is 0.160. The van der Waals surface area contributed by atoms with Crippen LogP contribution in [0.3, 0.4) is 0 Å². The average Bonchev–Trinajstić information content (AvgIpc) is 2.85. The fourth-order valence-electron chi connectivity index (χ4n) is 3.90. The lowest BCUT2D eigenvalue weighted by molar-refractivity contribution is -0.148. The van der Waals surface area contributed by atoms with Crippen LogP contribution in [0.1, 0.15) is 90.0 Å². The normalized spacial score (nSPS) is 11.1. The third-order valence-electron chi connectivity index (χ3n) is 6.14. The summed E-state index contributed by atoms with van der Waals surface area (Å²) in [7, 11) is 2.08. The van der Waals surface area contributed by atoms with Crippen molar-refractivity contribution in [1.29, 1.82) is 0 Å². The molecule has 0 heterocycles.